The van der Waals surface area contributed by atoms with Gasteiger partial charge < -0.3 is 14.8 Å². The van der Waals surface area contributed by atoms with Crippen molar-refractivity contribution in [3.8, 4) is 0 Å². The number of rotatable bonds is 4. The molecule has 5 heteroatoms. The summed E-state index contributed by atoms with van der Waals surface area (Å²) in [5.74, 6) is 0.0602. The lowest BCUT2D eigenvalue weighted by molar-refractivity contribution is -0.128. The molecule has 1 amide bonds. The summed E-state index contributed by atoms with van der Waals surface area (Å²) in [6, 6.07) is 8.54. The van der Waals surface area contributed by atoms with Crippen LogP contribution in [0.3, 0.4) is 0 Å². The molecule has 1 aliphatic rings. The van der Waals surface area contributed by atoms with Gasteiger partial charge in [-0.3, -0.25) is 10.2 Å². The van der Waals surface area contributed by atoms with Crippen molar-refractivity contribution in [2.75, 3.05) is 20.1 Å². The molecule has 2 N–H and O–H groups in total. The normalized spacial score (nSPS) is 15.2. The topological polar surface area (TPSA) is 61.1 Å². The molecular weight excluding hydrogens is 312 g/mol. The smallest absolute Gasteiger partial charge is 0.219 e. The molecule has 3 rings (SSSR count). The molecule has 0 radical (unpaired) electrons. The highest BCUT2D eigenvalue weighted by Gasteiger charge is 2.25. The van der Waals surface area contributed by atoms with E-state index in [-0.39, 0.29) is 5.91 Å². The maximum atomic E-state index is 11.8. The maximum Gasteiger partial charge on any atom is 0.219 e. The first kappa shape index (κ1) is 17.3. The van der Waals surface area contributed by atoms with Crippen molar-refractivity contribution in [1.82, 2.24) is 14.8 Å². The first-order valence-corrected chi connectivity index (χ1v) is 8.78. The van der Waals surface area contributed by atoms with E-state index >= 15 is 0 Å². The van der Waals surface area contributed by atoms with E-state index in [9.17, 15) is 4.79 Å². The molecule has 25 heavy (non-hydrogen) atoms. The number of amides is 1. The maximum absolute atomic E-state index is 11.8. The third-order valence-corrected chi connectivity index (χ3v) is 4.96. The number of aromatic nitrogens is 1. The summed E-state index contributed by atoms with van der Waals surface area (Å²) >= 11 is 0. The van der Waals surface area contributed by atoms with E-state index in [1.54, 1.807) is 6.92 Å². The molecule has 0 saturated carbocycles. The van der Waals surface area contributed by atoms with Gasteiger partial charge in [0.15, 0.2) is 0 Å². The Bertz CT molecular complexity index is 860. The van der Waals surface area contributed by atoms with Gasteiger partial charge in [-0.1, -0.05) is 18.2 Å². The minimum Gasteiger partial charge on any atom is -0.391 e. The monoisotopic (exact) mass is 338 g/mol. The molecule has 0 unspecified atom stereocenters. The second kappa shape index (κ2) is 6.75. The number of carbonyl (C=O) groups is 1. The Morgan fingerprint density at radius 1 is 1.28 bits per heavy atom. The number of hydrogen-bond acceptors (Lipinski definition) is 3. The molecule has 5 nitrogen and oxygen atoms in total. The number of benzene rings is 1. The first-order valence-electron chi connectivity index (χ1n) is 8.78. The minimum absolute atomic E-state index is 0.0602. The van der Waals surface area contributed by atoms with Crippen LogP contribution in [0.5, 0.6) is 0 Å². The van der Waals surface area contributed by atoms with Gasteiger partial charge in [-0.05, 0) is 19.9 Å². The molecule has 1 aromatic heterocycles. The van der Waals surface area contributed by atoms with Gasteiger partial charge in [-0.2, -0.15) is 0 Å². The molecule has 0 aliphatic carbocycles. The molecule has 1 aromatic carbocycles. The van der Waals surface area contributed by atoms with E-state index in [0.717, 1.165) is 34.2 Å². The average molecular weight is 338 g/mol. The standard InChI is InChI=1S/C20H26N4O/c1-13(2)24-12-16(15-7-5-6-8-19(15)24)20(21)17-11-23(14(3)25)10-9-18(17)22-4/h5-8,12-13,21-22H,9-11H2,1-4H3. The zero-order chi connectivity index (χ0) is 18.1. The molecule has 2 heterocycles. The summed E-state index contributed by atoms with van der Waals surface area (Å²) in [4.78, 5) is 13.6. The van der Waals surface area contributed by atoms with E-state index in [2.05, 4.69) is 42.1 Å². The van der Waals surface area contributed by atoms with Crippen molar-refractivity contribution in [2.24, 2.45) is 0 Å². The molecule has 0 atom stereocenters. The lowest BCUT2D eigenvalue weighted by atomic mass is 9.96. The molecule has 0 bridgehead atoms. The molecule has 1 aliphatic heterocycles. The van der Waals surface area contributed by atoms with Crippen LogP contribution in [0.1, 0.15) is 38.8 Å². The van der Waals surface area contributed by atoms with Gasteiger partial charge in [-0.15, -0.1) is 0 Å². The lowest BCUT2D eigenvalue weighted by Crippen LogP contribution is -2.39. The fourth-order valence-electron chi connectivity index (χ4n) is 3.53. The average Bonchev–Trinajstić information content (AvgIpc) is 3.00. The Morgan fingerprint density at radius 2 is 2.00 bits per heavy atom. The highest BCUT2D eigenvalue weighted by atomic mass is 16.2. The van der Waals surface area contributed by atoms with Crippen LogP contribution in [-0.4, -0.2) is 41.2 Å². The fourth-order valence-corrected chi connectivity index (χ4v) is 3.53. The Hall–Kier alpha value is -2.56. The van der Waals surface area contributed by atoms with Gasteiger partial charge >= 0.3 is 0 Å². The van der Waals surface area contributed by atoms with Crippen molar-refractivity contribution >= 4 is 22.5 Å². The Kier molecular flexibility index (Phi) is 4.66. The number of nitrogens with one attached hydrogen (secondary N) is 2. The largest absolute Gasteiger partial charge is 0.391 e. The summed E-state index contributed by atoms with van der Waals surface area (Å²) in [5, 5.41) is 13.2. The van der Waals surface area contributed by atoms with Crippen LogP contribution >= 0.6 is 0 Å². The van der Waals surface area contributed by atoms with Crippen LogP contribution in [0.4, 0.5) is 0 Å². The Balaban J connectivity index is 2.09. The van der Waals surface area contributed by atoms with Crippen LogP contribution in [0.25, 0.3) is 10.9 Å². The van der Waals surface area contributed by atoms with Crippen molar-refractivity contribution in [2.45, 2.75) is 33.2 Å². The van der Waals surface area contributed by atoms with E-state index in [1.165, 1.54) is 0 Å². The zero-order valence-electron chi connectivity index (χ0n) is 15.4. The van der Waals surface area contributed by atoms with Gasteiger partial charge in [0.2, 0.25) is 5.91 Å². The van der Waals surface area contributed by atoms with E-state index < -0.39 is 0 Å². The van der Waals surface area contributed by atoms with Crippen LogP contribution in [0, 0.1) is 5.41 Å². The number of fused-ring (bicyclic) bond motifs is 1. The van der Waals surface area contributed by atoms with E-state index in [0.29, 0.717) is 24.8 Å². The quantitative estimate of drug-likeness (QED) is 0.840. The Morgan fingerprint density at radius 3 is 2.64 bits per heavy atom. The molecule has 0 spiro atoms. The van der Waals surface area contributed by atoms with Crippen molar-refractivity contribution < 1.29 is 4.79 Å². The molecule has 0 saturated heterocycles. The highest BCUT2D eigenvalue weighted by Crippen LogP contribution is 2.28. The van der Waals surface area contributed by atoms with Gasteiger partial charge in [0, 0.05) is 73.5 Å². The number of para-hydroxylation sites is 1. The SMILES string of the molecule is CNC1=C(C(=N)c2cn(C(C)C)c3ccccc23)CN(C(C)=O)CC1. The second-order valence-corrected chi connectivity index (χ2v) is 6.83. The first-order chi connectivity index (χ1) is 11.9. The third kappa shape index (κ3) is 3.06. The molecule has 0 fully saturated rings. The summed E-state index contributed by atoms with van der Waals surface area (Å²) in [5.41, 5.74) is 4.55. The van der Waals surface area contributed by atoms with Crippen molar-refractivity contribution in [3.63, 3.8) is 0 Å². The molecule has 2 aromatic rings. The van der Waals surface area contributed by atoms with E-state index in [4.69, 9.17) is 5.41 Å². The van der Waals surface area contributed by atoms with Gasteiger partial charge in [0.25, 0.3) is 0 Å². The van der Waals surface area contributed by atoms with Crippen LogP contribution < -0.4 is 5.32 Å². The number of nitrogens with zero attached hydrogens (tertiary/aromatic N) is 2. The third-order valence-electron chi connectivity index (χ3n) is 4.96. The predicted octanol–water partition coefficient (Wildman–Crippen LogP) is 3.32. The van der Waals surface area contributed by atoms with Crippen LogP contribution in [0.2, 0.25) is 0 Å². The summed E-state index contributed by atoms with van der Waals surface area (Å²) in [7, 11) is 1.89. The van der Waals surface area contributed by atoms with Crippen LogP contribution in [0.15, 0.2) is 41.7 Å². The number of carbonyl (C=O) groups excluding carboxylic acids is 1. The van der Waals surface area contributed by atoms with E-state index in [1.807, 2.05) is 24.1 Å². The lowest BCUT2D eigenvalue weighted by Gasteiger charge is -2.30. The number of hydrogen-bond donors (Lipinski definition) is 2. The summed E-state index contributed by atoms with van der Waals surface area (Å²) < 4.78 is 2.21. The van der Waals surface area contributed by atoms with Gasteiger partial charge in [-0.25, -0.2) is 0 Å². The molecule has 132 valence electrons. The van der Waals surface area contributed by atoms with Crippen molar-refractivity contribution in [1.29, 1.82) is 5.41 Å². The fraction of sp³-hybridized carbons (Fsp3) is 0.400. The Labute approximate surface area is 148 Å². The highest BCUT2D eigenvalue weighted by molar-refractivity contribution is 6.18. The van der Waals surface area contributed by atoms with Gasteiger partial charge in [0.1, 0.15) is 0 Å². The molecular formula is C20H26N4O. The zero-order valence-corrected chi connectivity index (χ0v) is 15.4. The van der Waals surface area contributed by atoms with Crippen molar-refractivity contribution in [3.05, 3.63) is 47.3 Å². The second-order valence-electron chi connectivity index (χ2n) is 6.83. The summed E-state index contributed by atoms with van der Waals surface area (Å²) in [6.45, 7) is 7.09. The predicted molar refractivity (Wildman–Crippen MR) is 102 cm³/mol. The van der Waals surface area contributed by atoms with Gasteiger partial charge in [0.05, 0.1) is 5.71 Å². The summed E-state index contributed by atoms with van der Waals surface area (Å²) in [6.07, 6.45) is 2.83. The van der Waals surface area contributed by atoms with Crippen LogP contribution in [-0.2, 0) is 4.79 Å². The minimum atomic E-state index is 0.0602.